The van der Waals surface area contributed by atoms with Crippen LogP contribution in [0.2, 0.25) is 0 Å². The van der Waals surface area contributed by atoms with Gasteiger partial charge in [-0.25, -0.2) is 4.39 Å². The first kappa shape index (κ1) is 74.5. The number of aryl methyl sites for hydroxylation is 1. The number of hydrogen-bond acceptors (Lipinski definition) is 20. The first-order chi connectivity index (χ1) is 48.6. The lowest BCUT2D eigenvalue weighted by Crippen LogP contribution is -2.16. The fourth-order valence-electron chi connectivity index (χ4n) is 10.5. The summed E-state index contributed by atoms with van der Waals surface area (Å²) in [6, 6.07) is 32.3. The molecule has 0 unspecified atom stereocenters. The number of ketones is 8. The second-order valence-electron chi connectivity index (χ2n) is 22.9. The lowest BCUT2D eigenvalue weighted by atomic mass is 9.97. The zero-order valence-electron chi connectivity index (χ0n) is 54.1. The van der Waals surface area contributed by atoms with Crippen LogP contribution in [0.25, 0.3) is 0 Å². The van der Waals surface area contributed by atoms with Gasteiger partial charge in [-0.3, -0.25) is 38.4 Å². The monoisotopic (exact) mass is 1420 g/mol. The summed E-state index contributed by atoms with van der Waals surface area (Å²) in [5, 5.41) is 39.7. The van der Waals surface area contributed by atoms with Crippen LogP contribution in [0.4, 0.5) is 30.7 Å². The number of hydrogen-bond donors (Lipinski definition) is 4. The van der Waals surface area contributed by atoms with Gasteiger partial charge in [0, 0.05) is 90.3 Å². The zero-order chi connectivity index (χ0) is 73.4. The minimum atomic E-state index is -4.65. The standard InChI is InChI=1S/2C19H15F3O5.C19H18O5.C18H15FO5/c20-19(21,22)13-3-1-2-11(8-13)14(23)4-5-15(24)12-9-16(25)18-17(10-12)26-6-7-27-18;20-19(21,22)13-4-2-1-3-12(13)15(24)6-5-14(23)11-9-16(25)18-17(10-11)26-7-8-27-18;1-12-2-4-13(5-3-12)15(20)6-7-16(21)14-10-17(22)19-18(11-14)23-8-9-24-19;19-13-4-2-1-3-12(13)15(21)6-5-14(20)11-9-16(22)18-17(10-11)23-7-8-24-18/h1-3,8-10,25H,4-7H2;1-4,9-10,25H,5-8H2;2-5,10-11,22H,6-9H2,1H3;1-4,9-10,22H,5-8H2. The third-order valence-electron chi connectivity index (χ3n) is 15.7. The molecule has 102 heavy (non-hydrogen) atoms. The van der Waals surface area contributed by atoms with Crippen LogP contribution in [0.15, 0.2) is 146 Å². The van der Waals surface area contributed by atoms with Crippen LogP contribution in [-0.4, -0.2) is 120 Å². The lowest BCUT2D eigenvalue weighted by molar-refractivity contribution is -0.138. The van der Waals surface area contributed by atoms with Crippen LogP contribution in [0.3, 0.4) is 0 Å². The fourth-order valence-corrected chi connectivity index (χ4v) is 10.5. The highest BCUT2D eigenvalue weighted by molar-refractivity contribution is 6.06. The van der Waals surface area contributed by atoms with E-state index in [4.69, 9.17) is 37.9 Å². The van der Waals surface area contributed by atoms with E-state index >= 15 is 0 Å². The van der Waals surface area contributed by atoms with Crippen molar-refractivity contribution in [2.45, 2.75) is 70.6 Å². The van der Waals surface area contributed by atoms with Crippen molar-refractivity contribution in [2.75, 3.05) is 52.9 Å². The second-order valence-corrected chi connectivity index (χ2v) is 22.9. The Morgan fingerprint density at radius 3 is 1.00 bits per heavy atom. The van der Waals surface area contributed by atoms with Crippen LogP contribution in [0.1, 0.15) is 151 Å². The molecule has 0 amide bonds. The van der Waals surface area contributed by atoms with Crippen molar-refractivity contribution >= 4 is 46.3 Å². The molecule has 4 N–H and O–H groups in total. The van der Waals surface area contributed by atoms with Gasteiger partial charge in [0.1, 0.15) is 58.7 Å². The third-order valence-corrected chi connectivity index (χ3v) is 15.7. The number of halogens is 7. The summed E-state index contributed by atoms with van der Waals surface area (Å²) in [4.78, 5) is 97.7. The van der Waals surface area contributed by atoms with E-state index in [1.54, 1.807) is 24.3 Å². The van der Waals surface area contributed by atoms with Gasteiger partial charge in [-0.15, -0.1) is 0 Å². The second kappa shape index (κ2) is 33.4. The van der Waals surface area contributed by atoms with Crippen molar-refractivity contribution in [3.63, 3.8) is 0 Å². The van der Waals surface area contributed by atoms with Crippen LogP contribution in [-0.2, 0) is 12.4 Å². The highest BCUT2D eigenvalue weighted by Gasteiger charge is 2.35. The molecule has 0 fully saturated rings. The molecule has 532 valence electrons. The number of Topliss-reactive ketones (excluding diaryl/α,β-unsaturated/α-hetero) is 8. The number of benzene rings is 8. The van der Waals surface area contributed by atoms with Crippen LogP contribution >= 0.6 is 0 Å². The molecule has 0 aliphatic carbocycles. The molecule has 4 aliphatic rings. The number of aromatic hydroxyl groups is 4. The lowest BCUT2D eigenvalue weighted by Gasteiger charge is -2.19. The van der Waals surface area contributed by atoms with E-state index in [9.17, 15) is 89.5 Å². The van der Waals surface area contributed by atoms with Gasteiger partial charge in [0.15, 0.2) is 92.3 Å². The summed E-state index contributed by atoms with van der Waals surface area (Å²) in [6.07, 6.45) is -10.4. The predicted octanol–water partition coefficient (Wildman–Crippen LogP) is 14.5. The Bertz CT molecular complexity index is 4490. The van der Waals surface area contributed by atoms with E-state index in [-0.39, 0.29) is 180 Å². The summed E-state index contributed by atoms with van der Waals surface area (Å²) >= 11 is 0. The summed E-state index contributed by atoms with van der Waals surface area (Å²) in [6.45, 7) is 4.41. The minimum absolute atomic E-state index is 0.0321. The Labute approximate surface area is 576 Å². The maximum Gasteiger partial charge on any atom is 0.417 e. The van der Waals surface area contributed by atoms with E-state index in [1.807, 2.05) is 19.1 Å². The number of phenols is 4. The minimum Gasteiger partial charge on any atom is -0.504 e. The van der Waals surface area contributed by atoms with E-state index in [0.29, 0.717) is 49.1 Å². The Kier molecular flexibility index (Phi) is 24.4. The number of rotatable bonds is 20. The highest BCUT2D eigenvalue weighted by atomic mass is 19.4. The van der Waals surface area contributed by atoms with Crippen LogP contribution in [0.5, 0.6) is 69.0 Å². The normalized spacial score (nSPS) is 13.0. The zero-order valence-corrected chi connectivity index (χ0v) is 54.1. The van der Waals surface area contributed by atoms with Gasteiger partial charge >= 0.3 is 12.4 Å². The van der Waals surface area contributed by atoms with Crippen molar-refractivity contribution in [3.8, 4) is 69.0 Å². The van der Waals surface area contributed by atoms with E-state index in [2.05, 4.69) is 0 Å². The third kappa shape index (κ3) is 19.4. The Balaban J connectivity index is 0.000000158. The maximum atomic E-state index is 13.6. The van der Waals surface area contributed by atoms with Crippen molar-refractivity contribution in [2.24, 2.45) is 0 Å². The molecule has 0 atom stereocenters. The molecule has 0 saturated carbocycles. The highest BCUT2D eigenvalue weighted by Crippen LogP contribution is 2.44. The number of fused-ring (bicyclic) bond motifs is 4. The fraction of sp³-hybridized carbons (Fsp3) is 0.253. The molecule has 4 heterocycles. The number of carbonyl (C=O) groups excluding carboxylic acids is 8. The average molecular weight is 1420 g/mol. The molecular weight excluding hydrogens is 1350 g/mol. The van der Waals surface area contributed by atoms with Gasteiger partial charge in [-0.1, -0.05) is 72.3 Å². The molecule has 0 bridgehead atoms. The van der Waals surface area contributed by atoms with Crippen LogP contribution < -0.4 is 37.9 Å². The van der Waals surface area contributed by atoms with Gasteiger partial charge < -0.3 is 58.3 Å². The molecule has 27 heteroatoms. The van der Waals surface area contributed by atoms with Gasteiger partial charge in [0.25, 0.3) is 0 Å². The maximum absolute atomic E-state index is 13.6. The molecule has 0 radical (unpaired) electrons. The topological polar surface area (TPSA) is 291 Å². The summed E-state index contributed by atoms with van der Waals surface area (Å²) in [5.74, 6) is -2.97. The Morgan fingerprint density at radius 2 is 0.637 bits per heavy atom. The smallest absolute Gasteiger partial charge is 0.417 e. The van der Waals surface area contributed by atoms with Crippen molar-refractivity contribution < 1.29 is 127 Å². The van der Waals surface area contributed by atoms with Crippen molar-refractivity contribution in [1.29, 1.82) is 0 Å². The van der Waals surface area contributed by atoms with Crippen LogP contribution in [0, 0.1) is 12.7 Å². The number of phenolic OH excluding ortho intramolecular Hbond substituents is 4. The predicted molar refractivity (Wildman–Crippen MR) is 348 cm³/mol. The summed E-state index contributed by atoms with van der Waals surface area (Å²) < 4.78 is 133. The number of ether oxygens (including phenoxy) is 8. The summed E-state index contributed by atoms with van der Waals surface area (Å²) in [5.41, 5.74) is -0.127. The first-order valence-corrected chi connectivity index (χ1v) is 31.5. The number of alkyl halides is 6. The Hall–Kier alpha value is -11.8. The molecule has 20 nitrogen and oxygen atoms in total. The van der Waals surface area contributed by atoms with Gasteiger partial charge in [0.05, 0.1) is 16.7 Å². The van der Waals surface area contributed by atoms with E-state index in [1.165, 1.54) is 78.9 Å². The van der Waals surface area contributed by atoms with Crippen molar-refractivity contribution in [3.05, 3.63) is 213 Å². The molecular formula is C75H63F7O20. The molecule has 8 aromatic carbocycles. The first-order valence-electron chi connectivity index (χ1n) is 31.5. The summed E-state index contributed by atoms with van der Waals surface area (Å²) in [7, 11) is 0. The molecule has 12 rings (SSSR count). The molecule has 0 saturated heterocycles. The largest absolute Gasteiger partial charge is 0.504 e. The average Bonchev–Trinajstić information content (AvgIpc) is 0.834. The molecule has 4 aliphatic heterocycles. The SMILES string of the molecule is Cc1ccc(C(=O)CCC(=O)c2cc(O)c3c(c2)OCCO3)cc1.O=C(CCC(=O)c1cc(O)c2c(c1)OCCO2)c1cccc(C(F)(F)F)c1.O=C(CCC(=O)c1ccccc1C(F)(F)F)c1cc(O)c2c(c1)OCCO2.O=C(CCC(=O)c1ccccc1F)c1cc(O)c2c(c1)OCCO2. The van der Waals surface area contributed by atoms with Gasteiger partial charge in [-0.05, 0) is 85.8 Å². The van der Waals surface area contributed by atoms with Gasteiger partial charge in [0.2, 0.25) is 23.0 Å². The number of carbonyl (C=O) groups is 8. The van der Waals surface area contributed by atoms with E-state index in [0.717, 1.165) is 35.9 Å². The molecule has 0 aromatic heterocycles. The van der Waals surface area contributed by atoms with Crippen molar-refractivity contribution in [1.82, 2.24) is 0 Å². The van der Waals surface area contributed by atoms with Gasteiger partial charge in [-0.2, -0.15) is 26.3 Å². The Morgan fingerprint density at radius 1 is 0.324 bits per heavy atom. The quantitative estimate of drug-likeness (QED) is 0.0407. The molecule has 8 aromatic rings. The molecule has 0 spiro atoms. The van der Waals surface area contributed by atoms with E-state index < -0.39 is 63.8 Å².